The average molecular weight is 471 g/mol. The van der Waals surface area contributed by atoms with Crippen LogP contribution in [0.1, 0.15) is 21.6 Å². The third-order valence-corrected chi connectivity index (χ3v) is 5.65. The molecule has 8 nitrogen and oxygen atoms in total. The zero-order valence-electron chi connectivity index (χ0n) is 18.8. The van der Waals surface area contributed by atoms with Gasteiger partial charge in [-0.25, -0.2) is 9.18 Å². The van der Waals surface area contributed by atoms with Crippen LogP contribution in [0.4, 0.5) is 26.2 Å². The van der Waals surface area contributed by atoms with Gasteiger partial charge in [-0.2, -0.15) is 0 Å². The van der Waals surface area contributed by atoms with E-state index in [-0.39, 0.29) is 23.4 Å². The molecule has 4 N–H and O–H groups in total. The number of nitrogens with two attached hydrogens (primary N) is 1. The number of anilines is 3. The number of thiophene rings is 1. The Morgan fingerprint density at radius 2 is 1.91 bits per heavy atom. The maximum atomic E-state index is 13.5. The number of aromatic nitrogens is 1. The molecule has 174 valence electrons. The maximum Gasteiger partial charge on any atom is 0.322 e. The number of carbonyl (C=O) groups is 2. The highest BCUT2D eigenvalue weighted by atomic mass is 32.1. The number of urea groups is 1. The van der Waals surface area contributed by atoms with E-state index in [1.54, 1.807) is 47.0 Å². The van der Waals surface area contributed by atoms with E-state index in [0.717, 1.165) is 5.56 Å². The van der Waals surface area contributed by atoms with E-state index in [1.807, 2.05) is 19.0 Å². The number of halogens is 1. The van der Waals surface area contributed by atoms with Crippen LogP contribution in [0.2, 0.25) is 0 Å². The van der Waals surface area contributed by atoms with Gasteiger partial charge in [-0.3, -0.25) is 9.78 Å². The van der Waals surface area contributed by atoms with Gasteiger partial charge in [0.15, 0.2) is 0 Å². The number of carbonyl (C=O) groups excluding carboxylic acids is 2. The van der Waals surface area contributed by atoms with E-state index in [9.17, 15) is 14.0 Å². The zero-order chi connectivity index (χ0) is 24.0. The summed E-state index contributed by atoms with van der Waals surface area (Å²) in [6.45, 7) is 3.07. The number of aryl methyl sites for hydroxylation is 1. The second-order valence-corrected chi connectivity index (χ2v) is 8.61. The summed E-state index contributed by atoms with van der Waals surface area (Å²) in [6.07, 6.45) is 1.57. The van der Waals surface area contributed by atoms with E-state index in [2.05, 4.69) is 15.6 Å². The molecular formula is C23H27FN6O2S. The minimum absolute atomic E-state index is 0.246. The van der Waals surface area contributed by atoms with E-state index >= 15 is 0 Å². The molecule has 0 saturated heterocycles. The Morgan fingerprint density at radius 1 is 1.12 bits per heavy atom. The summed E-state index contributed by atoms with van der Waals surface area (Å²) < 4.78 is 13.5. The van der Waals surface area contributed by atoms with Crippen LogP contribution in [0.3, 0.4) is 0 Å². The smallest absolute Gasteiger partial charge is 0.322 e. The van der Waals surface area contributed by atoms with Crippen molar-refractivity contribution in [2.75, 3.05) is 43.6 Å². The Kier molecular flexibility index (Phi) is 7.96. The molecule has 0 unspecified atom stereocenters. The van der Waals surface area contributed by atoms with E-state index in [1.165, 1.54) is 23.5 Å². The Hall–Kier alpha value is -3.50. The van der Waals surface area contributed by atoms with Crippen molar-refractivity contribution in [2.24, 2.45) is 0 Å². The predicted molar refractivity (Wildman–Crippen MR) is 130 cm³/mol. The first-order valence-electron chi connectivity index (χ1n) is 10.3. The second-order valence-electron chi connectivity index (χ2n) is 7.87. The standard InChI is InChI=1S/C23H27FN6O2S/c1-15-10-17(5-6-18(15)24)27-23(32)30(9-8-29(2)3)12-16-4-7-20(26-11-16)22(31)28-21-14-33-13-19(21)25/h4-7,10-11,13-14H,8-9,12,25H2,1-3H3,(H,27,32)(H,28,31). The van der Waals surface area contributed by atoms with Crippen LogP contribution in [0, 0.1) is 12.7 Å². The third-order valence-electron chi connectivity index (χ3n) is 4.88. The van der Waals surface area contributed by atoms with Crippen LogP contribution in [0.5, 0.6) is 0 Å². The van der Waals surface area contributed by atoms with Crippen molar-refractivity contribution in [3.63, 3.8) is 0 Å². The molecule has 33 heavy (non-hydrogen) atoms. The molecule has 0 atom stereocenters. The largest absolute Gasteiger partial charge is 0.396 e. The highest BCUT2D eigenvalue weighted by Crippen LogP contribution is 2.23. The van der Waals surface area contributed by atoms with Crippen molar-refractivity contribution < 1.29 is 14.0 Å². The van der Waals surface area contributed by atoms with Crippen LogP contribution in [0.25, 0.3) is 0 Å². The van der Waals surface area contributed by atoms with Crippen molar-refractivity contribution in [1.82, 2.24) is 14.8 Å². The minimum atomic E-state index is -0.361. The van der Waals surface area contributed by atoms with Gasteiger partial charge in [0.2, 0.25) is 0 Å². The van der Waals surface area contributed by atoms with Crippen molar-refractivity contribution >= 4 is 40.3 Å². The van der Waals surface area contributed by atoms with Crippen LogP contribution < -0.4 is 16.4 Å². The molecule has 3 amide bonds. The summed E-state index contributed by atoms with van der Waals surface area (Å²) in [5.74, 6) is -0.685. The molecule has 0 spiro atoms. The van der Waals surface area contributed by atoms with Crippen molar-refractivity contribution in [1.29, 1.82) is 0 Å². The van der Waals surface area contributed by atoms with E-state index in [0.29, 0.717) is 42.3 Å². The Labute approximate surface area is 196 Å². The summed E-state index contributed by atoms with van der Waals surface area (Å²) in [5.41, 5.74) is 8.85. The molecule has 0 saturated carbocycles. The fourth-order valence-electron chi connectivity index (χ4n) is 2.97. The SMILES string of the molecule is Cc1cc(NC(=O)N(CCN(C)C)Cc2ccc(C(=O)Nc3cscc3N)nc2)ccc1F. The van der Waals surface area contributed by atoms with Crippen molar-refractivity contribution in [3.8, 4) is 0 Å². The Morgan fingerprint density at radius 3 is 2.52 bits per heavy atom. The Bertz CT molecular complexity index is 1120. The lowest BCUT2D eigenvalue weighted by molar-refractivity contribution is 0.102. The van der Waals surface area contributed by atoms with Crippen LogP contribution in [-0.2, 0) is 6.54 Å². The van der Waals surface area contributed by atoms with Gasteiger partial charge in [0, 0.05) is 42.3 Å². The van der Waals surface area contributed by atoms with Gasteiger partial charge in [-0.05, 0) is 56.4 Å². The molecule has 10 heteroatoms. The number of benzene rings is 1. The molecule has 0 aliphatic rings. The topological polar surface area (TPSA) is 104 Å². The van der Waals surface area contributed by atoms with E-state index in [4.69, 9.17) is 5.73 Å². The first-order valence-corrected chi connectivity index (χ1v) is 11.2. The number of nitrogen functional groups attached to an aromatic ring is 1. The number of pyridine rings is 1. The normalized spacial score (nSPS) is 10.8. The molecule has 1 aromatic carbocycles. The zero-order valence-corrected chi connectivity index (χ0v) is 19.6. The summed E-state index contributed by atoms with van der Waals surface area (Å²) in [6, 6.07) is 7.51. The fraction of sp³-hybridized carbons (Fsp3) is 0.261. The number of nitrogens with one attached hydrogen (secondary N) is 2. The lowest BCUT2D eigenvalue weighted by atomic mass is 10.2. The molecule has 0 aliphatic carbocycles. The molecule has 0 fully saturated rings. The van der Waals surface area contributed by atoms with Crippen LogP contribution in [-0.4, -0.2) is 53.9 Å². The number of nitrogens with zero attached hydrogens (tertiary/aromatic N) is 3. The summed E-state index contributed by atoms with van der Waals surface area (Å²) >= 11 is 1.40. The molecule has 3 rings (SSSR count). The lowest BCUT2D eigenvalue weighted by Crippen LogP contribution is -2.39. The molecule has 0 radical (unpaired) electrons. The highest BCUT2D eigenvalue weighted by Gasteiger charge is 2.16. The Balaban J connectivity index is 1.68. The first kappa shape index (κ1) is 24.1. The highest BCUT2D eigenvalue weighted by molar-refractivity contribution is 7.09. The maximum absolute atomic E-state index is 13.5. The fourth-order valence-corrected chi connectivity index (χ4v) is 3.64. The molecule has 3 aromatic rings. The summed E-state index contributed by atoms with van der Waals surface area (Å²) in [7, 11) is 3.85. The molecule has 2 aromatic heterocycles. The minimum Gasteiger partial charge on any atom is -0.396 e. The summed E-state index contributed by atoms with van der Waals surface area (Å²) in [4.78, 5) is 33.2. The number of hydrogen-bond donors (Lipinski definition) is 3. The second kappa shape index (κ2) is 10.9. The van der Waals surface area contributed by atoms with Crippen LogP contribution >= 0.6 is 11.3 Å². The van der Waals surface area contributed by atoms with Crippen molar-refractivity contribution in [2.45, 2.75) is 13.5 Å². The lowest BCUT2D eigenvalue weighted by Gasteiger charge is -2.25. The molecule has 0 bridgehead atoms. The number of hydrogen-bond acceptors (Lipinski definition) is 6. The quantitative estimate of drug-likeness (QED) is 0.461. The molecular weight excluding hydrogens is 443 g/mol. The van der Waals surface area contributed by atoms with Gasteiger partial charge in [0.05, 0.1) is 11.4 Å². The predicted octanol–water partition coefficient (Wildman–Crippen LogP) is 4.02. The molecule has 2 heterocycles. The van der Waals surface area contributed by atoms with Crippen LogP contribution in [0.15, 0.2) is 47.3 Å². The number of likely N-dealkylation sites (N-methyl/N-ethyl adjacent to an activating group) is 1. The van der Waals surface area contributed by atoms with Gasteiger partial charge in [0.1, 0.15) is 11.5 Å². The number of rotatable bonds is 8. The van der Waals surface area contributed by atoms with Gasteiger partial charge in [-0.15, -0.1) is 11.3 Å². The van der Waals surface area contributed by atoms with Gasteiger partial charge in [0.25, 0.3) is 5.91 Å². The summed E-state index contributed by atoms with van der Waals surface area (Å²) in [5, 5.41) is 9.05. The van der Waals surface area contributed by atoms with Gasteiger partial charge >= 0.3 is 6.03 Å². The van der Waals surface area contributed by atoms with Gasteiger partial charge < -0.3 is 26.2 Å². The first-order chi connectivity index (χ1) is 15.7. The molecule has 0 aliphatic heterocycles. The monoisotopic (exact) mass is 470 g/mol. The average Bonchev–Trinajstić information content (AvgIpc) is 3.18. The van der Waals surface area contributed by atoms with Gasteiger partial charge in [-0.1, -0.05) is 6.07 Å². The third kappa shape index (κ3) is 6.74. The number of amides is 3. The van der Waals surface area contributed by atoms with E-state index < -0.39 is 0 Å². The van der Waals surface area contributed by atoms with Crippen molar-refractivity contribution in [3.05, 3.63) is 69.9 Å².